The maximum absolute atomic E-state index is 11.4. The summed E-state index contributed by atoms with van der Waals surface area (Å²) >= 11 is 6.04. The van der Waals surface area contributed by atoms with Crippen molar-refractivity contribution in [1.82, 2.24) is 4.90 Å². The maximum Gasteiger partial charge on any atom is 0.261 e. The summed E-state index contributed by atoms with van der Waals surface area (Å²) in [5, 5.41) is 21.8. The number of fused-ring (bicyclic) bond motifs is 2. The fourth-order valence-electron chi connectivity index (χ4n) is 2.84. The van der Waals surface area contributed by atoms with Gasteiger partial charge in [0.05, 0.1) is 19.5 Å². The summed E-state index contributed by atoms with van der Waals surface area (Å²) in [4.78, 5) is 23.5. The lowest BCUT2D eigenvalue weighted by Crippen LogP contribution is -2.69. The minimum Gasteiger partial charge on any atom is -0.290 e. The molecular formula is C10H14ClN3O4. The number of piperidine rings is 1. The van der Waals surface area contributed by atoms with E-state index >= 15 is 0 Å². The molecule has 8 heteroatoms. The molecule has 1 heterocycles. The van der Waals surface area contributed by atoms with Crippen molar-refractivity contribution >= 4 is 11.6 Å². The zero-order valence-electron chi connectivity index (χ0n) is 9.91. The van der Waals surface area contributed by atoms with Gasteiger partial charge < -0.3 is 0 Å². The van der Waals surface area contributed by atoms with Crippen LogP contribution in [0.3, 0.4) is 0 Å². The highest BCUT2D eigenvalue weighted by Gasteiger charge is 2.65. The molecule has 0 aromatic carbocycles. The second-order valence-corrected chi connectivity index (χ2v) is 5.43. The monoisotopic (exact) mass is 275 g/mol. The Balaban J connectivity index is 2.51. The summed E-state index contributed by atoms with van der Waals surface area (Å²) in [7, 11) is 0. The van der Waals surface area contributed by atoms with Gasteiger partial charge in [-0.3, -0.25) is 25.1 Å². The fraction of sp³-hybridized carbons (Fsp3) is 0.800. The van der Waals surface area contributed by atoms with Gasteiger partial charge in [0.1, 0.15) is 5.38 Å². The molecule has 0 spiro atoms. The van der Waals surface area contributed by atoms with E-state index in [-0.39, 0.29) is 19.5 Å². The molecule has 2 bridgehead atoms. The van der Waals surface area contributed by atoms with E-state index < -0.39 is 26.3 Å². The van der Waals surface area contributed by atoms with Crippen molar-refractivity contribution in [3.05, 3.63) is 32.4 Å². The van der Waals surface area contributed by atoms with Gasteiger partial charge in [-0.15, -0.1) is 11.6 Å². The van der Waals surface area contributed by atoms with Crippen LogP contribution in [0.1, 0.15) is 13.3 Å². The van der Waals surface area contributed by atoms with E-state index in [1.54, 1.807) is 4.90 Å². The van der Waals surface area contributed by atoms with Gasteiger partial charge in [0, 0.05) is 9.85 Å². The van der Waals surface area contributed by atoms with Crippen LogP contribution in [0.2, 0.25) is 0 Å². The highest BCUT2D eigenvalue weighted by molar-refractivity contribution is 6.22. The third kappa shape index (κ3) is 1.69. The van der Waals surface area contributed by atoms with Gasteiger partial charge in [-0.2, -0.15) is 0 Å². The standard InChI is InChI=1S/C10H14ClN3O4/c1-2-12-6-9(13(15)16)4-3-8(11)10(5-9,7-12)14(17)18/h3-4,8H,2,5-7H2,1H3. The maximum atomic E-state index is 11.4. The Labute approximate surface area is 109 Å². The van der Waals surface area contributed by atoms with E-state index in [4.69, 9.17) is 11.6 Å². The number of likely N-dealkylation sites (N-methyl/N-ethyl adjacent to an activating group) is 1. The normalized spacial score (nSPS) is 39.6. The van der Waals surface area contributed by atoms with Crippen molar-refractivity contribution in [3.8, 4) is 0 Å². The molecule has 0 aromatic rings. The molecule has 2 rings (SSSR count). The third-order valence-electron chi connectivity index (χ3n) is 3.87. The first-order valence-electron chi connectivity index (χ1n) is 5.71. The van der Waals surface area contributed by atoms with Crippen molar-refractivity contribution in [1.29, 1.82) is 0 Å². The molecule has 100 valence electrons. The Morgan fingerprint density at radius 1 is 1.39 bits per heavy atom. The topological polar surface area (TPSA) is 89.5 Å². The first-order valence-corrected chi connectivity index (χ1v) is 6.15. The fourth-order valence-corrected chi connectivity index (χ4v) is 3.14. The van der Waals surface area contributed by atoms with E-state index in [0.717, 1.165) is 0 Å². The predicted molar refractivity (Wildman–Crippen MR) is 65.0 cm³/mol. The largest absolute Gasteiger partial charge is 0.290 e. The minimum atomic E-state index is -1.46. The molecule has 1 aliphatic heterocycles. The number of nitrogens with zero attached hydrogens (tertiary/aromatic N) is 3. The zero-order chi connectivity index (χ0) is 13.6. The molecule has 3 unspecified atom stereocenters. The molecule has 1 fully saturated rings. The molecule has 2 aliphatic rings. The van der Waals surface area contributed by atoms with Crippen LogP contribution in [0.4, 0.5) is 0 Å². The lowest BCUT2D eigenvalue weighted by atomic mass is 9.72. The first kappa shape index (κ1) is 13.2. The van der Waals surface area contributed by atoms with Gasteiger partial charge in [-0.05, 0) is 12.6 Å². The average molecular weight is 276 g/mol. The summed E-state index contributed by atoms with van der Waals surface area (Å²) in [6, 6.07) is 0. The molecule has 3 atom stereocenters. The number of hydrogen-bond donors (Lipinski definition) is 0. The van der Waals surface area contributed by atoms with E-state index in [9.17, 15) is 20.2 Å². The lowest BCUT2D eigenvalue weighted by molar-refractivity contribution is -0.618. The Bertz CT molecular complexity index is 429. The summed E-state index contributed by atoms with van der Waals surface area (Å²) in [6.07, 6.45) is 2.69. The van der Waals surface area contributed by atoms with Crippen LogP contribution in [0.25, 0.3) is 0 Å². The zero-order valence-corrected chi connectivity index (χ0v) is 10.7. The number of hydrogen-bond acceptors (Lipinski definition) is 5. The molecule has 7 nitrogen and oxygen atoms in total. The van der Waals surface area contributed by atoms with Gasteiger partial charge in [0.25, 0.3) is 11.1 Å². The minimum absolute atomic E-state index is 0.138. The highest BCUT2D eigenvalue weighted by atomic mass is 35.5. The van der Waals surface area contributed by atoms with Gasteiger partial charge in [0.15, 0.2) is 0 Å². The SMILES string of the molecule is CCN1CC2([N+](=O)[O-])C=CC(Cl)C([N+](=O)[O-])(C1)C2. The Hall–Kier alpha value is -1.21. The molecule has 1 saturated heterocycles. The summed E-state index contributed by atoms with van der Waals surface area (Å²) in [5.41, 5.74) is -2.84. The van der Waals surface area contributed by atoms with Crippen LogP contribution in [0.15, 0.2) is 12.2 Å². The third-order valence-corrected chi connectivity index (χ3v) is 4.42. The molecular weight excluding hydrogens is 262 g/mol. The van der Waals surface area contributed by atoms with Crippen LogP contribution in [-0.4, -0.2) is 50.8 Å². The summed E-state index contributed by atoms with van der Waals surface area (Å²) < 4.78 is 0. The Kier molecular flexibility index (Phi) is 3.06. The second kappa shape index (κ2) is 4.17. The van der Waals surface area contributed by atoms with E-state index in [1.807, 2.05) is 6.92 Å². The predicted octanol–water partition coefficient (Wildman–Crippen LogP) is 0.920. The molecule has 0 saturated carbocycles. The van der Waals surface area contributed by atoms with Crippen LogP contribution in [0.5, 0.6) is 0 Å². The van der Waals surface area contributed by atoms with Gasteiger partial charge in [-0.25, -0.2) is 0 Å². The van der Waals surface area contributed by atoms with Crippen molar-refractivity contribution in [2.24, 2.45) is 0 Å². The van der Waals surface area contributed by atoms with Crippen LogP contribution >= 0.6 is 11.6 Å². The van der Waals surface area contributed by atoms with Crippen molar-refractivity contribution in [2.45, 2.75) is 29.8 Å². The summed E-state index contributed by atoms with van der Waals surface area (Å²) in [6.45, 7) is 2.72. The molecule has 0 radical (unpaired) electrons. The van der Waals surface area contributed by atoms with Gasteiger partial charge in [-0.1, -0.05) is 13.0 Å². The summed E-state index contributed by atoms with van der Waals surface area (Å²) in [5.74, 6) is 0. The molecule has 1 aliphatic carbocycles. The van der Waals surface area contributed by atoms with E-state index in [2.05, 4.69) is 0 Å². The number of rotatable bonds is 3. The number of alkyl halides is 1. The van der Waals surface area contributed by atoms with Gasteiger partial charge >= 0.3 is 0 Å². The smallest absolute Gasteiger partial charge is 0.261 e. The van der Waals surface area contributed by atoms with Crippen molar-refractivity contribution in [2.75, 3.05) is 19.6 Å². The lowest BCUT2D eigenvalue weighted by Gasteiger charge is -2.45. The number of halogens is 1. The average Bonchev–Trinajstić information content (AvgIpc) is 2.33. The molecule has 18 heavy (non-hydrogen) atoms. The van der Waals surface area contributed by atoms with Crippen LogP contribution < -0.4 is 0 Å². The molecule has 0 aromatic heterocycles. The van der Waals surface area contributed by atoms with Crippen LogP contribution in [-0.2, 0) is 0 Å². The molecule has 0 N–H and O–H groups in total. The van der Waals surface area contributed by atoms with Gasteiger partial charge in [0.2, 0.25) is 0 Å². The second-order valence-electron chi connectivity index (χ2n) is 4.96. The first-order chi connectivity index (χ1) is 8.36. The van der Waals surface area contributed by atoms with Crippen molar-refractivity contribution in [3.63, 3.8) is 0 Å². The quantitative estimate of drug-likeness (QED) is 0.331. The van der Waals surface area contributed by atoms with Crippen molar-refractivity contribution < 1.29 is 9.85 Å². The van der Waals surface area contributed by atoms with E-state index in [0.29, 0.717) is 6.54 Å². The Morgan fingerprint density at radius 2 is 2.06 bits per heavy atom. The van der Waals surface area contributed by atoms with E-state index in [1.165, 1.54) is 12.2 Å². The Morgan fingerprint density at radius 3 is 2.56 bits per heavy atom. The van der Waals surface area contributed by atoms with Crippen LogP contribution in [0, 0.1) is 20.2 Å². The molecule has 0 amide bonds. The number of likely N-dealkylation sites (tertiary alicyclic amines) is 1. The highest BCUT2D eigenvalue weighted by Crippen LogP contribution is 2.42. The number of nitro groups is 2.